The Kier molecular flexibility index (Phi) is 7.41. The predicted molar refractivity (Wildman–Crippen MR) is 130 cm³/mol. The molecule has 5 rings (SSSR count). The van der Waals surface area contributed by atoms with Crippen LogP contribution in [-0.4, -0.2) is 56.7 Å². The van der Waals surface area contributed by atoms with Gasteiger partial charge in [-0.15, -0.1) is 0 Å². The van der Waals surface area contributed by atoms with Gasteiger partial charge < -0.3 is 10.4 Å². The molecule has 0 aliphatic heterocycles. The fraction of sp³-hybridized carbons (Fsp3) is 0.125. The highest BCUT2D eigenvalue weighted by Gasteiger charge is 2.38. The SMILES string of the molecule is Cc1nc(C)n(-c2ccc(Nc3nccc(-c4cccc(-n5cncn5)c4)n3)cc2)n1.O=C(O)C(F)(F)F. The van der Waals surface area contributed by atoms with E-state index in [1.54, 1.807) is 17.2 Å². The van der Waals surface area contributed by atoms with Crippen LogP contribution in [0, 0.1) is 13.8 Å². The summed E-state index contributed by atoms with van der Waals surface area (Å²) in [5.41, 5.74) is 4.52. The van der Waals surface area contributed by atoms with Crippen molar-refractivity contribution in [3.63, 3.8) is 0 Å². The van der Waals surface area contributed by atoms with E-state index in [9.17, 15) is 13.2 Å². The molecule has 38 heavy (non-hydrogen) atoms. The molecule has 0 saturated heterocycles. The lowest BCUT2D eigenvalue weighted by Crippen LogP contribution is -2.21. The number of aromatic nitrogens is 8. The number of hydrogen-bond donors (Lipinski definition) is 2. The quantitative estimate of drug-likeness (QED) is 0.345. The molecular formula is C24H20F3N9O2. The van der Waals surface area contributed by atoms with Crippen LogP contribution in [0.15, 0.2) is 73.4 Å². The van der Waals surface area contributed by atoms with Crippen molar-refractivity contribution >= 4 is 17.6 Å². The number of carbonyl (C=O) groups is 1. The van der Waals surface area contributed by atoms with Crippen molar-refractivity contribution in [2.45, 2.75) is 20.0 Å². The second-order valence-electron chi connectivity index (χ2n) is 7.75. The van der Waals surface area contributed by atoms with Crippen LogP contribution in [0.3, 0.4) is 0 Å². The van der Waals surface area contributed by atoms with Gasteiger partial charge in [0, 0.05) is 17.4 Å². The molecule has 0 bridgehead atoms. The predicted octanol–water partition coefficient (Wildman–Crippen LogP) is 4.30. The molecule has 0 spiro atoms. The van der Waals surface area contributed by atoms with E-state index in [4.69, 9.17) is 9.90 Å². The number of benzene rings is 2. The van der Waals surface area contributed by atoms with Crippen molar-refractivity contribution in [2.24, 2.45) is 0 Å². The van der Waals surface area contributed by atoms with Gasteiger partial charge in [-0.3, -0.25) is 0 Å². The molecule has 0 saturated carbocycles. The molecule has 11 nitrogen and oxygen atoms in total. The number of anilines is 2. The van der Waals surface area contributed by atoms with Gasteiger partial charge in [0.15, 0.2) is 0 Å². The highest BCUT2D eigenvalue weighted by atomic mass is 19.4. The number of carboxylic acid groups (broad SMARTS) is 1. The first-order valence-corrected chi connectivity index (χ1v) is 11.0. The van der Waals surface area contributed by atoms with E-state index < -0.39 is 12.1 Å². The number of carboxylic acids is 1. The summed E-state index contributed by atoms with van der Waals surface area (Å²) in [5.74, 6) is -0.642. The van der Waals surface area contributed by atoms with E-state index in [1.165, 1.54) is 6.33 Å². The van der Waals surface area contributed by atoms with E-state index in [2.05, 4.69) is 35.5 Å². The van der Waals surface area contributed by atoms with E-state index in [-0.39, 0.29) is 0 Å². The Morgan fingerprint density at radius 2 is 1.74 bits per heavy atom. The van der Waals surface area contributed by atoms with Gasteiger partial charge in [0.05, 0.1) is 17.1 Å². The minimum Gasteiger partial charge on any atom is -0.475 e. The van der Waals surface area contributed by atoms with Gasteiger partial charge in [0.2, 0.25) is 5.95 Å². The highest BCUT2D eigenvalue weighted by molar-refractivity contribution is 5.73. The molecule has 0 amide bonds. The number of nitrogens with zero attached hydrogens (tertiary/aromatic N) is 8. The summed E-state index contributed by atoms with van der Waals surface area (Å²) >= 11 is 0. The van der Waals surface area contributed by atoms with Gasteiger partial charge >= 0.3 is 12.1 Å². The molecule has 0 fully saturated rings. The van der Waals surface area contributed by atoms with Crippen LogP contribution in [0.4, 0.5) is 24.8 Å². The summed E-state index contributed by atoms with van der Waals surface area (Å²) in [5, 5.41) is 19.0. The fourth-order valence-corrected chi connectivity index (χ4v) is 3.31. The lowest BCUT2D eigenvalue weighted by Gasteiger charge is -2.09. The van der Waals surface area contributed by atoms with Gasteiger partial charge in [-0.1, -0.05) is 12.1 Å². The number of alkyl halides is 3. The minimum atomic E-state index is -5.08. The van der Waals surface area contributed by atoms with Crippen molar-refractivity contribution in [1.29, 1.82) is 0 Å². The van der Waals surface area contributed by atoms with Crippen molar-refractivity contribution in [2.75, 3.05) is 5.32 Å². The Morgan fingerprint density at radius 1 is 1.00 bits per heavy atom. The number of aliphatic carboxylic acids is 1. The van der Waals surface area contributed by atoms with Crippen molar-refractivity contribution in [3.8, 4) is 22.6 Å². The smallest absolute Gasteiger partial charge is 0.475 e. The molecule has 5 aromatic rings. The number of halogens is 3. The lowest BCUT2D eigenvalue weighted by atomic mass is 10.1. The number of hydrogen-bond acceptors (Lipinski definition) is 8. The Balaban J connectivity index is 0.000000426. The van der Waals surface area contributed by atoms with E-state index >= 15 is 0 Å². The zero-order chi connectivity index (χ0) is 27.3. The van der Waals surface area contributed by atoms with Gasteiger partial charge in [-0.2, -0.15) is 23.4 Å². The number of aryl methyl sites for hydroxylation is 2. The zero-order valence-corrected chi connectivity index (χ0v) is 20.0. The first-order chi connectivity index (χ1) is 18.1. The zero-order valence-electron chi connectivity index (χ0n) is 20.0. The van der Waals surface area contributed by atoms with Crippen molar-refractivity contribution in [3.05, 3.63) is 85.1 Å². The Bertz CT molecular complexity index is 1530. The van der Waals surface area contributed by atoms with Crippen LogP contribution in [0.2, 0.25) is 0 Å². The third-order valence-corrected chi connectivity index (χ3v) is 4.97. The second kappa shape index (κ2) is 10.9. The molecule has 194 valence electrons. The summed E-state index contributed by atoms with van der Waals surface area (Å²) in [7, 11) is 0. The molecule has 0 radical (unpaired) electrons. The van der Waals surface area contributed by atoms with E-state index in [1.807, 2.05) is 73.1 Å². The average Bonchev–Trinajstić information content (AvgIpc) is 3.54. The monoisotopic (exact) mass is 523 g/mol. The molecule has 3 heterocycles. The van der Waals surface area contributed by atoms with Gasteiger partial charge in [-0.25, -0.2) is 34.1 Å². The van der Waals surface area contributed by atoms with Crippen LogP contribution in [0.25, 0.3) is 22.6 Å². The normalized spacial score (nSPS) is 11.0. The van der Waals surface area contributed by atoms with Gasteiger partial charge in [-0.05, 0) is 56.3 Å². The molecule has 2 N–H and O–H groups in total. The molecule has 14 heteroatoms. The molecule has 0 unspecified atom stereocenters. The number of rotatable bonds is 5. The van der Waals surface area contributed by atoms with Crippen LogP contribution in [-0.2, 0) is 4.79 Å². The van der Waals surface area contributed by atoms with Crippen LogP contribution in [0.5, 0.6) is 0 Å². The summed E-state index contributed by atoms with van der Waals surface area (Å²) in [6.07, 6.45) is -0.170. The maximum Gasteiger partial charge on any atom is 0.490 e. The Labute approximate surface area is 213 Å². The lowest BCUT2D eigenvalue weighted by molar-refractivity contribution is -0.192. The summed E-state index contributed by atoms with van der Waals surface area (Å²) in [6, 6.07) is 17.7. The molecule has 0 aliphatic rings. The summed E-state index contributed by atoms with van der Waals surface area (Å²) < 4.78 is 35.3. The van der Waals surface area contributed by atoms with Crippen molar-refractivity contribution < 1.29 is 23.1 Å². The van der Waals surface area contributed by atoms with Crippen LogP contribution < -0.4 is 5.32 Å². The average molecular weight is 523 g/mol. The van der Waals surface area contributed by atoms with E-state index in [0.717, 1.165) is 40.0 Å². The van der Waals surface area contributed by atoms with Crippen LogP contribution >= 0.6 is 0 Å². The largest absolute Gasteiger partial charge is 0.490 e. The fourth-order valence-electron chi connectivity index (χ4n) is 3.31. The second-order valence-corrected chi connectivity index (χ2v) is 7.75. The highest BCUT2D eigenvalue weighted by Crippen LogP contribution is 2.22. The van der Waals surface area contributed by atoms with Crippen LogP contribution in [0.1, 0.15) is 11.6 Å². The van der Waals surface area contributed by atoms with Crippen molar-refractivity contribution in [1.82, 2.24) is 39.5 Å². The third-order valence-electron chi connectivity index (χ3n) is 4.97. The maximum atomic E-state index is 10.6. The summed E-state index contributed by atoms with van der Waals surface area (Å²) in [4.78, 5) is 26.3. The number of nitrogens with one attached hydrogen (secondary N) is 1. The van der Waals surface area contributed by atoms with Gasteiger partial charge in [0.1, 0.15) is 24.3 Å². The minimum absolute atomic E-state index is 0.518. The maximum absolute atomic E-state index is 10.6. The molecule has 0 atom stereocenters. The molecular weight excluding hydrogens is 503 g/mol. The molecule has 2 aromatic carbocycles. The Hall–Kier alpha value is -5.14. The van der Waals surface area contributed by atoms with Gasteiger partial charge in [0.25, 0.3) is 0 Å². The molecule has 3 aromatic heterocycles. The third kappa shape index (κ3) is 6.34. The standard InChI is InChI=1S/C22H19N9.C2HF3O2/c1-15-26-16(2)31(29-15)19-8-6-18(7-9-19)27-22-24-11-10-21(28-22)17-4-3-5-20(12-17)30-14-23-13-25-30;3-2(4,5)1(6)7/h3-14H,1-2H3,(H,24,27,28);(H,6,7). The van der Waals surface area contributed by atoms with E-state index in [0.29, 0.717) is 5.95 Å². The first-order valence-electron chi connectivity index (χ1n) is 11.0. The topological polar surface area (TPSA) is 137 Å². The summed E-state index contributed by atoms with van der Waals surface area (Å²) in [6.45, 7) is 3.81. The molecule has 0 aliphatic carbocycles. The first kappa shape index (κ1) is 25.9. The Morgan fingerprint density at radius 3 is 2.34 bits per heavy atom.